The average molecular weight is 370 g/mol. The summed E-state index contributed by atoms with van der Waals surface area (Å²) < 4.78 is 38.0. The van der Waals surface area contributed by atoms with E-state index >= 15 is 0 Å². The second kappa shape index (κ2) is 6.19. The quantitative estimate of drug-likeness (QED) is 0.755. The summed E-state index contributed by atoms with van der Waals surface area (Å²) >= 11 is 0. The molecule has 0 radical (unpaired) electrons. The van der Waals surface area contributed by atoms with E-state index < -0.39 is 34.1 Å². The van der Waals surface area contributed by atoms with Gasteiger partial charge in [0, 0.05) is 19.0 Å². The lowest BCUT2D eigenvalue weighted by atomic mass is 10.1. The molecule has 0 spiro atoms. The van der Waals surface area contributed by atoms with Crippen molar-refractivity contribution in [3.8, 4) is 11.5 Å². The standard InChI is InChI=1S/C15H18N2O7S/c1-22-12-5-9-10(6-13(12)23-2)16-14(18)11-4-8(24-25(3,20)21)7-17(11)15(9)19/h5-6,8,11H,4,7H2,1-3H3,(H,16,18)/t8-,11+/m1/s1. The van der Waals surface area contributed by atoms with Crippen molar-refractivity contribution in [1.82, 2.24) is 4.90 Å². The fourth-order valence-electron chi connectivity index (χ4n) is 3.12. The maximum Gasteiger partial charge on any atom is 0.264 e. The van der Waals surface area contributed by atoms with E-state index in [1.54, 1.807) is 0 Å². The fraction of sp³-hybridized carbons (Fsp3) is 0.467. The van der Waals surface area contributed by atoms with Crippen molar-refractivity contribution >= 4 is 27.6 Å². The number of ether oxygens (including phenoxy) is 2. The van der Waals surface area contributed by atoms with Gasteiger partial charge in [-0.2, -0.15) is 8.42 Å². The van der Waals surface area contributed by atoms with Crippen molar-refractivity contribution in [2.24, 2.45) is 0 Å². The third kappa shape index (κ3) is 3.27. The summed E-state index contributed by atoms with van der Waals surface area (Å²) in [7, 11) is -0.783. The molecule has 25 heavy (non-hydrogen) atoms. The van der Waals surface area contributed by atoms with Crippen LogP contribution >= 0.6 is 0 Å². The number of hydrogen-bond acceptors (Lipinski definition) is 7. The lowest BCUT2D eigenvalue weighted by molar-refractivity contribution is -0.119. The summed E-state index contributed by atoms with van der Waals surface area (Å²) in [6.45, 7) is 0.0117. The van der Waals surface area contributed by atoms with Gasteiger partial charge in [0.2, 0.25) is 5.91 Å². The first-order valence-electron chi connectivity index (χ1n) is 7.49. The normalized spacial score (nSPS) is 22.8. The van der Waals surface area contributed by atoms with Crippen LogP contribution in [-0.4, -0.2) is 64.3 Å². The van der Waals surface area contributed by atoms with Crippen LogP contribution in [0.5, 0.6) is 11.5 Å². The van der Waals surface area contributed by atoms with Gasteiger partial charge >= 0.3 is 0 Å². The topological polar surface area (TPSA) is 111 Å². The summed E-state index contributed by atoms with van der Waals surface area (Å²) in [6.07, 6.45) is 0.286. The van der Waals surface area contributed by atoms with Crippen LogP contribution in [0.15, 0.2) is 12.1 Å². The van der Waals surface area contributed by atoms with Gasteiger partial charge in [-0.1, -0.05) is 0 Å². The SMILES string of the molecule is COc1cc2c(cc1OC)C(=O)N1C[C@H](OS(C)(=O)=O)C[C@H]1C(=O)N2. The molecule has 0 aromatic heterocycles. The van der Waals surface area contributed by atoms with Crippen LogP contribution in [-0.2, 0) is 19.1 Å². The van der Waals surface area contributed by atoms with E-state index in [1.807, 2.05) is 0 Å². The molecule has 2 amide bonds. The Balaban J connectivity index is 1.98. The van der Waals surface area contributed by atoms with Crippen molar-refractivity contribution < 1.29 is 31.7 Å². The van der Waals surface area contributed by atoms with Gasteiger partial charge in [0.15, 0.2) is 11.5 Å². The predicted octanol–water partition coefficient (Wildman–Crippen LogP) is 0.215. The van der Waals surface area contributed by atoms with Crippen LogP contribution < -0.4 is 14.8 Å². The molecule has 10 heteroatoms. The Morgan fingerprint density at radius 2 is 1.80 bits per heavy atom. The van der Waals surface area contributed by atoms with Gasteiger partial charge in [0.1, 0.15) is 6.04 Å². The largest absolute Gasteiger partial charge is 0.493 e. The third-order valence-electron chi connectivity index (χ3n) is 4.15. The second-order valence-corrected chi connectivity index (χ2v) is 7.47. The molecule has 2 atom stereocenters. The summed E-state index contributed by atoms with van der Waals surface area (Å²) in [5, 5.41) is 2.69. The van der Waals surface area contributed by atoms with Crippen LogP contribution in [0.3, 0.4) is 0 Å². The van der Waals surface area contributed by atoms with E-state index in [1.165, 1.54) is 31.3 Å². The molecule has 1 aromatic rings. The van der Waals surface area contributed by atoms with E-state index in [4.69, 9.17) is 13.7 Å². The van der Waals surface area contributed by atoms with Gasteiger partial charge in [-0.25, -0.2) is 0 Å². The molecule has 136 valence electrons. The van der Waals surface area contributed by atoms with Crippen molar-refractivity contribution in [2.45, 2.75) is 18.6 Å². The molecule has 3 rings (SSSR count). The second-order valence-electron chi connectivity index (χ2n) is 5.87. The van der Waals surface area contributed by atoms with Crippen LogP contribution in [0.1, 0.15) is 16.8 Å². The molecule has 0 bridgehead atoms. The zero-order chi connectivity index (χ0) is 18.4. The number of nitrogens with one attached hydrogen (secondary N) is 1. The Kier molecular flexibility index (Phi) is 4.33. The monoisotopic (exact) mass is 370 g/mol. The fourth-order valence-corrected chi connectivity index (χ4v) is 3.75. The number of benzene rings is 1. The van der Waals surface area contributed by atoms with E-state index in [0.29, 0.717) is 17.2 Å². The number of carbonyl (C=O) groups is 2. The molecule has 1 saturated heterocycles. The number of nitrogens with zero attached hydrogens (tertiary/aromatic N) is 1. The maximum absolute atomic E-state index is 12.9. The van der Waals surface area contributed by atoms with Gasteiger partial charge in [-0.05, 0) is 6.07 Å². The predicted molar refractivity (Wildman–Crippen MR) is 87.3 cm³/mol. The first kappa shape index (κ1) is 17.5. The van der Waals surface area contributed by atoms with Gasteiger partial charge in [0.25, 0.3) is 16.0 Å². The van der Waals surface area contributed by atoms with Crippen molar-refractivity contribution in [3.63, 3.8) is 0 Å². The Morgan fingerprint density at radius 1 is 1.16 bits per heavy atom. The Bertz CT molecular complexity index is 837. The van der Waals surface area contributed by atoms with E-state index in [0.717, 1.165) is 6.26 Å². The van der Waals surface area contributed by atoms with E-state index in [2.05, 4.69) is 5.32 Å². The van der Waals surface area contributed by atoms with Crippen molar-refractivity contribution in [2.75, 3.05) is 32.3 Å². The Morgan fingerprint density at radius 3 is 2.40 bits per heavy atom. The maximum atomic E-state index is 12.9. The van der Waals surface area contributed by atoms with Crippen LogP contribution in [0, 0.1) is 0 Å². The molecule has 2 aliphatic heterocycles. The number of hydrogen-bond donors (Lipinski definition) is 1. The molecular formula is C15H18N2O7S. The van der Waals surface area contributed by atoms with Gasteiger partial charge in [-0.15, -0.1) is 0 Å². The molecule has 0 unspecified atom stereocenters. The molecule has 2 aliphatic rings. The lowest BCUT2D eigenvalue weighted by Gasteiger charge is -2.20. The Hall–Kier alpha value is -2.33. The van der Waals surface area contributed by atoms with Crippen LogP contribution in [0.2, 0.25) is 0 Å². The number of fused-ring (bicyclic) bond motifs is 2. The van der Waals surface area contributed by atoms with Crippen molar-refractivity contribution in [3.05, 3.63) is 17.7 Å². The molecule has 1 aromatic carbocycles. The summed E-state index contributed by atoms with van der Waals surface area (Å²) in [4.78, 5) is 26.7. The zero-order valence-electron chi connectivity index (χ0n) is 13.9. The van der Waals surface area contributed by atoms with Crippen LogP contribution in [0.25, 0.3) is 0 Å². The minimum atomic E-state index is -3.68. The Labute approximate surface area is 145 Å². The highest BCUT2D eigenvalue weighted by Crippen LogP contribution is 2.37. The van der Waals surface area contributed by atoms with Crippen LogP contribution in [0.4, 0.5) is 5.69 Å². The molecular weight excluding hydrogens is 352 g/mol. The molecule has 1 N–H and O–H groups in total. The number of amides is 2. The molecule has 0 aliphatic carbocycles. The van der Waals surface area contributed by atoms with Crippen molar-refractivity contribution in [1.29, 1.82) is 0 Å². The highest BCUT2D eigenvalue weighted by molar-refractivity contribution is 7.86. The average Bonchev–Trinajstić information content (AvgIpc) is 2.91. The zero-order valence-corrected chi connectivity index (χ0v) is 14.8. The summed E-state index contributed by atoms with van der Waals surface area (Å²) in [5.41, 5.74) is 0.566. The molecule has 9 nitrogen and oxygen atoms in total. The van der Waals surface area contributed by atoms with E-state index in [-0.39, 0.29) is 18.5 Å². The first-order chi connectivity index (χ1) is 11.7. The summed E-state index contributed by atoms with van der Waals surface area (Å²) in [6, 6.07) is 2.21. The molecule has 2 heterocycles. The minimum absolute atomic E-state index is 0.0117. The lowest BCUT2D eigenvalue weighted by Crippen LogP contribution is -2.40. The number of rotatable bonds is 4. The van der Waals surface area contributed by atoms with Gasteiger partial charge in [-0.3, -0.25) is 13.8 Å². The highest BCUT2D eigenvalue weighted by Gasteiger charge is 2.44. The number of anilines is 1. The first-order valence-corrected chi connectivity index (χ1v) is 9.31. The van der Waals surface area contributed by atoms with E-state index in [9.17, 15) is 18.0 Å². The molecule has 0 saturated carbocycles. The number of methoxy groups -OCH3 is 2. The summed E-state index contributed by atoms with van der Waals surface area (Å²) in [5.74, 6) is -0.0713. The smallest absolute Gasteiger partial charge is 0.264 e. The van der Waals surface area contributed by atoms with Gasteiger partial charge < -0.3 is 19.7 Å². The van der Waals surface area contributed by atoms with Gasteiger partial charge in [0.05, 0.1) is 37.8 Å². The highest BCUT2D eigenvalue weighted by atomic mass is 32.2. The number of carbonyl (C=O) groups excluding carboxylic acids is 2. The molecule has 1 fully saturated rings. The third-order valence-corrected chi connectivity index (χ3v) is 4.77. The minimum Gasteiger partial charge on any atom is -0.493 e.